The number of hydrogen-bond acceptors (Lipinski definition) is 7. The predicted molar refractivity (Wildman–Crippen MR) is 116 cm³/mol. The number of rotatable bonds is 5. The van der Waals surface area contributed by atoms with Crippen molar-refractivity contribution in [1.82, 2.24) is 20.4 Å². The molecule has 2 N–H and O–H groups in total. The molecule has 0 unspecified atom stereocenters. The molecule has 1 saturated heterocycles. The summed E-state index contributed by atoms with van der Waals surface area (Å²) in [5.41, 5.74) is 0.422. The van der Waals surface area contributed by atoms with Gasteiger partial charge in [-0.1, -0.05) is 6.07 Å². The van der Waals surface area contributed by atoms with Crippen LogP contribution in [0.5, 0.6) is 5.75 Å². The first-order valence-corrected chi connectivity index (χ1v) is 11.0. The van der Waals surface area contributed by atoms with Crippen LogP contribution in [0.4, 0.5) is 9.59 Å². The van der Waals surface area contributed by atoms with E-state index in [0.29, 0.717) is 30.0 Å². The van der Waals surface area contributed by atoms with Crippen molar-refractivity contribution in [3.05, 3.63) is 52.5 Å². The maximum atomic E-state index is 13.1. The number of ether oxygens (including phenoxy) is 2. The molecule has 3 aliphatic heterocycles. The summed E-state index contributed by atoms with van der Waals surface area (Å²) < 4.78 is 16.4. The Bertz CT molecular complexity index is 1210. The van der Waals surface area contributed by atoms with Gasteiger partial charge in [0.1, 0.15) is 17.3 Å². The molecule has 1 aromatic carbocycles. The fraction of sp³-hybridized carbons (Fsp3) is 0.391. The summed E-state index contributed by atoms with van der Waals surface area (Å²) in [7, 11) is 1.52. The summed E-state index contributed by atoms with van der Waals surface area (Å²) >= 11 is 0. The molecule has 2 aromatic rings. The van der Waals surface area contributed by atoms with Crippen molar-refractivity contribution in [1.29, 1.82) is 0 Å². The SMILES string of the molecule is CCOC(=O)N1CCc2oc([C@]3(CN4Cc5ccc(OC)cc5C4=O)NC(=O)NC3=O)cc2C1. The minimum absolute atomic E-state index is 0.117. The van der Waals surface area contributed by atoms with E-state index in [2.05, 4.69) is 10.6 Å². The first-order chi connectivity index (χ1) is 16.3. The number of amides is 5. The van der Waals surface area contributed by atoms with Crippen LogP contribution in [0.15, 0.2) is 28.7 Å². The molecule has 11 nitrogen and oxygen atoms in total. The third-order valence-corrected chi connectivity index (χ3v) is 6.38. The molecule has 1 aromatic heterocycles. The van der Waals surface area contributed by atoms with Crippen molar-refractivity contribution < 1.29 is 33.1 Å². The highest BCUT2D eigenvalue weighted by Crippen LogP contribution is 2.35. The van der Waals surface area contributed by atoms with Gasteiger partial charge in [0.25, 0.3) is 11.8 Å². The zero-order valence-electron chi connectivity index (χ0n) is 18.8. The van der Waals surface area contributed by atoms with Crippen LogP contribution >= 0.6 is 0 Å². The van der Waals surface area contributed by atoms with E-state index in [-0.39, 0.29) is 37.9 Å². The van der Waals surface area contributed by atoms with Crippen molar-refractivity contribution in [2.75, 3.05) is 26.8 Å². The minimum Gasteiger partial charge on any atom is -0.497 e. The summed E-state index contributed by atoms with van der Waals surface area (Å²) in [5.74, 6) is 0.525. The molecular formula is C23H24N4O7. The highest BCUT2D eigenvalue weighted by atomic mass is 16.6. The largest absolute Gasteiger partial charge is 0.497 e. The third-order valence-electron chi connectivity index (χ3n) is 6.38. The van der Waals surface area contributed by atoms with Gasteiger partial charge in [0.05, 0.1) is 26.8 Å². The zero-order valence-corrected chi connectivity index (χ0v) is 18.8. The summed E-state index contributed by atoms with van der Waals surface area (Å²) in [5, 5.41) is 4.94. The van der Waals surface area contributed by atoms with Crippen molar-refractivity contribution in [3.8, 4) is 5.75 Å². The van der Waals surface area contributed by atoms with Crippen LogP contribution in [0.25, 0.3) is 0 Å². The smallest absolute Gasteiger partial charge is 0.410 e. The topological polar surface area (TPSA) is 130 Å². The Labute approximate surface area is 195 Å². The van der Waals surface area contributed by atoms with E-state index >= 15 is 0 Å². The first kappa shape index (κ1) is 21.8. The number of furan rings is 1. The van der Waals surface area contributed by atoms with Gasteiger partial charge < -0.3 is 29.0 Å². The van der Waals surface area contributed by atoms with Crippen LogP contribution in [0.1, 0.15) is 39.9 Å². The Balaban J connectivity index is 1.45. The zero-order chi connectivity index (χ0) is 24.0. The Morgan fingerprint density at radius 1 is 1.18 bits per heavy atom. The van der Waals surface area contributed by atoms with Crippen LogP contribution < -0.4 is 15.4 Å². The molecule has 3 aliphatic rings. The highest BCUT2D eigenvalue weighted by molar-refractivity contribution is 6.08. The van der Waals surface area contributed by atoms with Crippen molar-refractivity contribution in [3.63, 3.8) is 0 Å². The van der Waals surface area contributed by atoms with Gasteiger partial charge in [-0.2, -0.15) is 0 Å². The monoisotopic (exact) mass is 468 g/mol. The number of hydrogen-bond donors (Lipinski definition) is 2. The lowest BCUT2D eigenvalue weighted by Gasteiger charge is -2.29. The fourth-order valence-corrected chi connectivity index (χ4v) is 4.65. The van der Waals surface area contributed by atoms with E-state index in [9.17, 15) is 19.2 Å². The second kappa shape index (κ2) is 8.08. The number of methoxy groups -OCH3 is 1. The predicted octanol–water partition coefficient (Wildman–Crippen LogP) is 1.49. The number of carbonyl (C=O) groups is 4. The van der Waals surface area contributed by atoms with E-state index in [1.54, 1.807) is 30.0 Å². The fourth-order valence-electron chi connectivity index (χ4n) is 4.65. The number of urea groups is 1. The molecule has 0 radical (unpaired) electrons. The van der Waals surface area contributed by atoms with Crippen LogP contribution in [0.2, 0.25) is 0 Å². The molecule has 4 heterocycles. The average Bonchev–Trinajstić information content (AvgIpc) is 3.47. The number of nitrogens with zero attached hydrogens (tertiary/aromatic N) is 2. The molecule has 34 heavy (non-hydrogen) atoms. The van der Waals surface area contributed by atoms with E-state index in [1.165, 1.54) is 12.0 Å². The summed E-state index contributed by atoms with van der Waals surface area (Å²) in [6.45, 7) is 2.84. The van der Waals surface area contributed by atoms with Crippen LogP contribution in [-0.2, 0) is 34.6 Å². The molecule has 178 valence electrons. The van der Waals surface area contributed by atoms with Gasteiger partial charge >= 0.3 is 12.1 Å². The second-order valence-electron chi connectivity index (χ2n) is 8.43. The van der Waals surface area contributed by atoms with Gasteiger partial charge in [-0.05, 0) is 30.7 Å². The maximum absolute atomic E-state index is 13.1. The summed E-state index contributed by atoms with van der Waals surface area (Å²) in [6, 6.07) is 6.24. The lowest BCUT2D eigenvalue weighted by Crippen LogP contribution is -2.52. The first-order valence-electron chi connectivity index (χ1n) is 11.0. The lowest BCUT2D eigenvalue weighted by atomic mass is 9.94. The van der Waals surface area contributed by atoms with Gasteiger partial charge in [-0.15, -0.1) is 0 Å². The molecule has 0 aliphatic carbocycles. The van der Waals surface area contributed by atoms with Gasteiger partial charge in [0, 0.05) is 30.6 Å². The van der Waals surface area contributed by atoms with Crippen LogP contribution in [0.3, 0.4) is 0 Å². The van der Waals surface area contributed by atoms with E-state index in [1.807, 2.05) is 6.07 Å². The van der Waals surface area contributed by atoms with Crippen LogP contribution in [-0.4, -0.2) is 60.5 Å². The average molecular weight is 468 g/mol. The van der Waals surface area contributed by atoms with Crippen LogP contribution in [0, 0.1) is 0 Å². The second-order valence-corrected chi connectivity index (χ2v) is 8.43. The molecule has 1 fully saturated rings. The third kappa shape index (κ3) is 3.44. The molecule has 0 bridgehead atoms. The highest BCUT2D eigenvalue weighted by Gasteiger charge is 2.53. The molecule has 0 spiro atoms. The summed E-state index contributed by atoms with van der Waals surface area (Å²) in [6.07, 6.45) is 0.0154. The van der Waals surface area contributed by atoms with Gasteiger partial charge in [-0.3, -0.25) is 14.9 Å². The molecule has 1 atom stereocenters. The molecule has 5 amide bonds. The number of fused-ring (bicyclic) bond motifs is 2. The standard InChI is InChI=1S/C23H24N4O7/c1-3-33-22(31)26-7-6-17-14(11-26)8-18(34-17)23(20(29)24-21(30)25-23)12-27-10-13-4-5-15(32-2)9-16(13)19(27)28/h4-5,8-9H,3,6-7,10-12H2,1-2H3,(H2,24,25,29,30)/t23-/m0/s1. The Morgan fingerprint density at radius 3 is 2.71 bits per heavy atom. The quantitative estimate of drug-likeness (QED) is 0.636. The Kier molecular flexibility index (Phi) is 5.18. The van der Waals surface area contributed by atoms with Crippen molar-refractivity contribution in [2.24, 2.45) is 0 Å². The van der Waals surface area contributed by atoms with Gasteiger partial charge in [0.15, 0.2) is 5.54 Å². The lowest BCUT2D eigenvalue weighted by molar-refractivity contribution is -0.125. The number of imide groups is 1. The van der Waals surface area contributed by atoms with E-state index in [0.717, 1.165) is 11.1 Å². The van der Waals surface area contributed by atoms with E-state index in [4.69, 9.17) is 13.9 Å². The number of carbonyl (C=O) groups excluding carboxylic acids is 4. The Hall–Kier alpha value is -4.02. The molecule has 5 rings (SSSR count). The normalized spacial score (nSPS) is 21.2. The number of nitrogens with one attached hydrogen (secondary N) is 2. The van der Waals surface area contributed by atoms with Crippen molar-refractivity contribution in [2.45, 2.75) is 32.0 Å². The van der Waals surface area contributed by atoms with E-state index < -0.39 is 23.6 Å². The molecular weight excluding hydrogens is 444 g/mol. The number of benzene rings is 1. The minimum atomic E-state index is -1.59. The molecule has 11 heteroatoms. The van der Waals surface area contributed by atoms with Crippen molar-refractivity contribution >= 4 is 23.9 Å². The maximum Gasteiger partial charge on any atom is 0.410 e. The summed E-state index contributed by atoms with van der Waals surface area (Å²) in [4.78, 5) is 53.6. The Morgan fingerprint density at radius 2 is 2.00 bits per heavy atom. The van der Waals surface area contributed by atoms with Gasteiger partial charge in [-0.25, -0.2) is 9.59 Å². The van der Waals surface area contributed by atoms with Gasteiger partial charge in [0.2, 0.25) is 0 Å². The molecule has 0 saturated carbocycles.